The molecule has 2 aliphatic rings. The molecule has 2 aromatic carbocycles. The monoisotopic (exact) mass is 454 g/mol. The summed E-state index contributed by atoms with van der Waals surface area (Å²) >= 11 is 12.3. The first-order valence-corrected chi connectivity index (χ1v) is 11.8. The topological polar surface area (TPSA) is 42.2 Å². The number of amides is 1. The molecule has 0 unspecified atom stereocenters. The fourth-order valence-electron chi connectivity index (χ4n) is 4.43. The third kappa shape index (κ3) is 4.56. The molecule has 2 heterocycles. The number of benzene rings is 2. The Balaban J connectivity index is 1.36. The number of fused-ring (bicyclic) bond motifs is 1. The number of nitrogens with one attached hydrogen (secondary N) is 1. The predicted molar refractivity (Wildman–Crippen MR) is 127 cm³/mol. The van der Waals surface area contributed by atoms with Gasteiger partial charge in [-0.1, -0.05) is 41.9 Å². The third-order valence-electron chi connectivity index (χ3n) is 6.39. The maximum Gasteiger partial charge on any atom is 0.223 e. The molecule has 1 aromatic heterocycles. The number of rotatable bonds is 6. The van der Waals surface area contributed by atoms with Crippen molar-refractivity contribution in [2.75, 3.05) is 13.1 Å². The molecule has 0 atom stereocenters. The molecule has 2 fully saturated rings. The lowest BCUT2D eigenvalue weighted by molar-refractivity contribution is -0.126. The normalized spacial score (nSPS) is 17.8. The van der Waals surface area contributed by atoms with Gasteiger partial charge in [0.15, 0.2) is 4.77 Å². The van der Waals surface area contributed by atoms with Crippen LogP contribution in [0.1, 0.15) is 31.2 Å². The number of carbonyl (C=O) groups is 1. The summed E-state index contributed by atoms with van der Waals surface area (Å²) in [5.74, 6) is 0.378. The largest absolute Gasteiger partial charge is 0.353 e. The van der Waals surface area contributed by atoms with Crippen LogP contribution in [0.15, 0.2) is 48.5 Å². The smallest absolute Gasteiger partial charge is 0.223 e. The van der Waals surface area contributed by atoms with E-state index in [1.807, 2.05) is 18.2 Å². The Labute approximate surface area is 192 Å². The standard InChI is InChI=1S/C24H27ClN4OS/c25-19-6-9-21-22(14-19)29(24(31)28(21)15-17-4-2-1-3-5-17)16-27-12-10-18(11-13-27)23(30)26-20-7-8-20/h1-6,9,14,18,20H,7-8,10-13,15-16H2,(H,26,30). The van der Waals surface area contributed by atoms with Crippen LogP contribution in [0, 0.1) is 10.7 Å². The summed E-state index contributed by atoms with van der Waals surface area (Å²) in [4.78, 5) is 14.8. The molecule has 0 radical (unpaired) electrons. The van der Waals surface area contributed by atoms with Crippen LogP contribution in [0.4, 0.5) is 0 Å². The number of nitrogens with zero attached hydrogens (tertiary/aromatic N) is 3. The zero-order valence-electron chi connectivity index (χ0n) is 17.5. The fourth-order valence-corrected chi connectivity index (χ4v) is 4.92. The Morgan fingerprint density at radius 3 is 2.45 bits per heavy atom. The highest BCUT2D eigenvalue weighted by molar-refractivity contribution is 7.71. The molecule has 31 heavy (non-hydrogen) atoms. The second-order valence-corrected chi connectivity index (χ2v) is 9.53. The number of aromatic nitrogens is 2. The van der Waals surface area contributed by atoms with Crippen LogP contribution in [0.3, 0.4) is 0 Å². The molecule has 1 saturated carbocycles. The van der Waals surface area contributed by atoms with Crippen molar-refractivity contribution in [1.82, 2.24) is 19.4 Å². The van der Waals surface area contributed by atoms with E-state index in [1.165, 1.54) is 5.56 Å². The van der Waals surface area contributed by atoms with Gasteiger partial charge in [0.25, 0.3) is 0 Å². The maximum absolute atomic E-state index is 12.4. The average Bonchev–Trinajstić information content (AvgIpc) is 3.57. The van der Waals surface area contributed by atoms with E-state index in [0.29, 0.717) is 17.7 Å². The minimum atomic E-state index is 0.138. The molecule has 7 heteroatoms. The maximum atomic E-state index is 12.4. The Hall–Kier alpha value is -2.15. The number of halogens is 1. The summed E-state index contributed by atoms with van der Waals surface area (Å²) in [5, 5.41) is 3.87. The third-order valence-corrected chi connectivity index (χ3v) is 7.06. The molecule has 0 bridgehead atoms. The molecule has 3 aromatic rings. The van der Waals surface area contributed by atoms with Gasteiger partial charge in [-0.3, -0.25) is 9.69 Å². The van der Waals surface area contributed by atoms with Crippen molar-refractivity contribution < 1.29 is 4.79 Å². The van der Waals surface area contributed by atoms with Crippen molar-refractivity contribution >= 4 is 40.8 Å². The van der Waals surface area contributed by atoms with E-state index < -0.39 is 0 Å². The van der Waals surface area contributed by atoms with Gasteiger partial charge in [-0.25, -0.2) is 0 Å². The molecular weight excluding hydrogens is 428 g/mol. The van der Waals surface area contributed by atoms with E-state index in [4.69, 9.17) is 23.8 Å². The quantitative estimate of drug-likeness (QED) is 0.543. The van der Waals surface area contributed by atoms with Gasteiger partial charge in [0.05, 0.1) is 24.2 Å². The highest BCUT2D eigenvalue weighted by Gasteiger charge is 2.30. The molecule has 1 saturated heterocycles. The minimum absolute atomic E-state index is 0.138. The zero-order chi connectivity index (χ0) is 21.4. The second kappa shape index (κ2) is 8.77. The van der Waals surface area contributed by atoms with Crippen molar-refractivity contribution in [3.63, 3.8) is 0 Å². The number of piperidine rings is 1. The van der Waals surface area contributed by atoms with Gasteiger partial charge in [-0.15, -0.1) is 0 Å². The summed E-state index contributed by atoms with van der Waals surface area (Å²) in [5.41, 5.74) is 3.37. The Bertz CT molecular complexity index is 1140. The lowest BCUT2D eigenvalue weighted by atomic mass is 9.96. The molecular formula is C24H27ClN4OS. The molecule has 1 N–H and O–H groups in total. The van der Waals surface area contributed by atoms with Crippen molar-refractivity contribution in [3.8, 4) is 0 Å². The number of hydrogen-bond acceptors (Lipinski definition) is 3. The van der Waals surface area contributed by atoms with Gasteiger partial charge in [0.2, 0.25) is 5.91 Å². The van der Waals surface area contributed by atoms with Crippen LogP contribution < -0.4 is 5.32 Å². The SMILES string of the molecule is O=C(NC1CC1)C1CCN(Cn2c(=S)n(Cc3ccccc3)c3ccc(Cl)cc32)CC1. The first kappa shape index (κ1) is 20.7. The van der Waals surface area contributed by atoms with Crippen molar-refractivity contribution in [2.24, 2.45) is 5.92 Å². The van der Waals surface area contributed by atoms with Crippen LogP contribution in [0.2, 0.25) is 5.02 Å². The van der Waals surface area contributed by atoms with Crippen molar-refractivity contribution in [3.05, 3.63) is 63.9 Å². The van der Waals surface area contributed by atoms with Gasteiger partial charge in [0, 0.05) is 30.1 Å². The molecule has 5 nitrogen and oxygen atoms in total. The first-order chi connectivity index (χ1) is 15.1. The van der Waals surface area contributed by atoms with Gasteiger partial charge in [0.1, 0.15) is 0 Å². The van der Waals surface area contributed by atoms with Crippen LogP contribution in [-0.4, -0.2) is 39.1 Å². The van der Waals surface area contributed by atoms with E-state index in [9.17, 15) is 4.79 Å². The van der Waals surface area contributed by atoms with Gasteiger partial charge in [-0.2, -0.15) is 0 Å². The van der Waals surface area contributed by atoms with Gasteiger partial charge >= 0.3 is 0 Å². The highest BCUT2D eigenvalue weighted by atomic mass is 35.5. The fraction of sp³-hybridized carbons (Fsp3) is 0.417. The Kier molecular flexibility index (Phi) is 5.87. The molecule has 162 valence electrons. The predicted octanol–water partition coefficient (Wildman–Crippen LogP) is 4.82. The second-order valence-electron chi connectivity index (χ2n) is 8.73. The van der Waals surface area contributed by atoms with E-state index in [2.05, 4.69) is 49.7 Å². The summed E-state index contributed by atoms with van der Waals surface area (Å²) < 4.78 is 5.17. The number of carbonyl (C=O) groups excluding carboxylic acids is 1. The van der Waals surface area contributed by atoms with E-state index in [0.717, 1.165) is 61.1 Å². The van der Waals surface area contributed by atoms with E-state index >= 15 is 0 Å². The van der Waals surface area contributed by atoms with E-state index in [-0.39, 0.29) is 11.8 Å². The van der Waals surface area contributed by atoms with Gasteiger partial charge < -0.3 is 14.5 Å². The molecule has 1 amide bonds. The summed E-state index contributed by atoms with van der Waals surface area (Å²) in [7, 11) is 0. The van der Waals surface area contributed by atoms with Gasteiger partial charge in [-0.05, 0) is 61.7 Å². The average molecular weight is 455 g/mol. The molecule has 5 rings (SSSR count). The lowest BCUT2D eigenvalue weighted by Crippen LogP contribution is -2.41. The zero-order valence-corrected chi connectivity index (χ0v) is 19.0. The summed E-state index contributed by atoms with van der Waals surface area (Å²) in [6.07, 6.45) is 4.07. The van der Waals surface area contributed by atoms with E-state index in [1.54, 1.807) is 0 Å². The summed E-state index contributed by atoms with van der Waals surface area (Å²) in [6.45, 7) is 3.25. The van der Waals surface area contributed by atoms with Crippen LogP contribution in [0.5, 0.6) is 0 Å². The number of hydrogen-bond donors (Lipinski definition) is 1. The van der Waals surface area contributed by atoms with Crippen molar-refractivity contribution in [2.45, 2.75) is 44.9 Å². The van der Waals surface area contributed by atoms with Crippen molar-refractivity contribution in [1.29, 1.82) is 0 Å². The molecule has 0 spiro atoms. The number of imidazole rings is 1. The Morgan fingerprint density at radius 1 is 1.00 bits per heavy atom. The minimum Gasteiger partial charge on any atom is -0.353 e. The highest BCUT2D eigenvalue weighted by Crippen LogP contribution is 2.26. The molecule has 1 aliphatic heterocycles. The van der Waals surface area contributed by atoms with Crippen LogP contribution in [-0.2, 0) is 18.0 Å². The lowest BCUT2D eigenvalue weighted by Gasteiger charge is -2.31. The molecule has 1 aliphatic carbocycles. The number of likely N-dealkylation sites (tertiary alicyclic amines) is 1. The Morgan fingerprint density at radius 2 is 1.74 bits per heavy atom. The van der Waals surface area contributed by atoms with Crippen LogP contribution in [0.25, 0.3) is 11.0 Å². The first-order valence-electron chi connectivity index (χ1n) is 11.0. The van der Waals surface area contributed by atoms with Crippen LogP contribution >= 0.6 is 23.8 Å². The summed E-state index contributed by atoms with van der Waals surface area (Å²) in [6, 6.07) is 16.8.